The van der Waals surface area contributed by atoms with Gasteiger partial charge in [0.25, 0.3) is 5.60 Å². The van der Waals surface area contributed by atoms with Gasteiger partial charge in [0.1, 0.15) is 0 Å². The van der Waals surface area contributed by atoms with Crippen LogP contribution >= 0.6 is 0 Å². The highest BCUT2D eigenvalue weighted by molar-refractivity contribution is 5.26. The molecule has 5 atom stereocenters. The lowest BCUT2D eigenvalue weighted by atomic mass is 9.62. The molecule has 0 aromatic carbocycles. The predicted molar refractivity (Wildman–Crippen MR) is 106 cm³/mol. The Kier molecular flexibility index (Phi) is 7.15. The van der Waals surface area contributed by atoms with Gasteiger partial charge in [-0.3, -0.25) is 0 Å². The van der Waals surface area contributed by atoms with E-state index in [4.69, 9.17) is 0 Å². The molecule has 0 spiro atoms. The van der Waals surface area contributed by atoms with Gasteiger partial charge in [0.15, 0.2) is 0 Å². The molecule has 184 valence electrons. The van der Waals surface area contributed by atoms with Gasteiger partial charge >= 0.3 is 12.4 Å². The number of allylic oxidation sites excluding steroid dienone is 3. The third-order valence-electron chi connectivity index (χ3n) is 8.03. The Bertz CT molecular complexity index is 715. The summed E-state index contributed by atoms with van der Waals surface area (Å²) in [4.78, 5) is 0. The average Bonchev–Trinajstić information content (AvgIpc) is 2.98. The van der Waals surface area contributed by atoms with Crippen LogP contribution in [0.5, 0.6) is 0 Å². The number of fused-ring (bicyclic) bond motifs is 1. The first kappa shape index (κ1) is 25.6. The summed E-state index contributed by atoms with van der Waals surface area (Å²) in [6, 6.07) is 0. The van der Waals surface area contributed by atoms with E-state index in [-0.39, 0.29) is 18.3 Å². The van der Waals surface area contributed by atoms with E-state index in [1.807, 2.05) is 19.1 Å². The second-order valence-electron chi connectivity index (χ2n) is 10.1. The maximum absolute atomic E-state index is 13.1. The summed E-state index contributed by atoms with van der Waals surface area (Å²) >= 11 is 0. The summed E-state index contributed by atoms with van der Waals surface area (Å²) in [6.07, 6.45) is -5.68. The van der Waals surface area contributed by atoms with Crippen molar-refractivity contribution < 1.29 is 41.7 Å². The molecule has 3 nitrogen and oxygen atoms in total. The first-order chi connectivity index (χ1) is 14.7. The van der Waals surface area contributed by atoms with Crippen LogP contribution in [0.1, 0.15) is 71.1 Å². The molecular formula is C23H32F6O3. The fourth-order valence-electron chi connectivity index (χ4n) is 6.18. The summed E-state index contributed by atoms with van der Waals surface area (Å²) in [5.41, 5.74) is -3.03. The number of alkyl halides is 6. The SMILES string of the molecule is C[C@]12CCC/C(=C\C=C3\CC(O)C[C@H](O)C3)C1CCC2CCC(O)(C(F)(F)F)C(F)(F)F. The van der Waals surface area contributed by atoms with Crippen molar-refractivity contribution in [3.63, 3.8) is 0 Å². The number of hydrogen-bond donors (Lipinski definition) is 3. The highest BCUT2D eigenvalue weighted by Gasteiger charge is 2.70. The van der Waals surface area contributed by atoms with Crippen molar-refractivity contribution in [2.45, 2.75) is 101 Å². The van der Waals surface area contributed by atoms with Gasteiger partial charge in [-0.2, -0.15) is 26.3 Å². The summed E-state index contributed by atoms with van der Waals surface area (Å²) in [5, 5.41) is 29.2. The van der Waals surface area contributed by atoms with Crippen molar-refractivity contribution in [3.8, 4) is 0 Å². The van der Waals surface area contributed by atoms with Crippen LogP contribution in [0.25, 0.3) is 0 Å². The molecule has 3 unspecified atom stereocenters. The zero-order valence-electron chi connectivity index (χ0n) is 18.1. The molecule has 0 amide bonds. The quantitative estimate of drug-likeness (QED) is 0.469. The van der Waals surface area contributed by atoms with Crippen LogP contribution in [0.2, 0.25) is 0 Å². The van der Waals surface area contributed by atoms with E-state index in [0.29, 0.717) is 32.1 Å². The van der Waals surface area contributed by atoms with E-state index in [1.165, 1.54) is 0 Å². The minimum absolute atomic E-state index is 0.0707. The molecule has 32 heavy (non-hydrogen) atoms. The van der Waals surface area contributed by atoms with Gasteiger partial charge in [0.05, 0.1) is 12.2 Å². The molecule has 0 saturated heterocycles. The van der Waals surface area contributed by atoms with Gasteiger partial charge < -0.3 is 15.3 Å². The Balaban J connectivity index is 1.74. The maximum atomic E-state index is 13.1. The van der Waals surface area contributed by atoms with Crippen LogP contribution in [0.4, 0.5) is 26.3 Å². The summed E-state index contributed by atoms with van der Waals surface area (Å²) in [6.45, 7) is 1.95. The lowest BCUT2D eigenvalue weighted by molar-refractivity contribution is -0.370. The summed E-state index contributed by atoms with van der Waals surface area (Å²) in [5.74, 6) is -0.264. The van der Waals surface area contributed by atoms with E-state index in [1.54, 1.807) is 0 Å². The van der Waals surface area contributed by atoms with Crippen molar-refractivity contribution in [1.29, 1.82) is 0 Å². The van der Waals surface area contributed by atoms with E-state index in [0.717, 1.165) is 30.4 Å². The molecule has 3 aliphatic carbocycles. The number of aliphatic hydroxyl groups excluding tert-OH is 2. The Morgan fingerprint density at radius 2 is 1.56 bits per heavy atom. The third kappa shape index (κ3) is 4.89. The van der Waals surface area contributed by atoms with Gasteiger partial charge in [-0.25, -0.2) is 0 Å². The number of hydrogen-bond acceptors (Lipinski definition) is 3. The molecule has 0 bridgehead atoms. The monoisotopic (exact) mass is 470 g/mol. The molecule has 9 heteroatoms. The normalized spacial score (nSPS) is 37.2. The van der Waals surface area contributed by atoms with Crippen LogP contribution in [0, 0.1) is 17.3 Å². The molecule has 0 aromatic heterocycles. The Labute approximate surface area is 184 Å². The summed E-state index contributed by atoms with van der Waals surface area (Å²) in [7, 11) is 0. The van der Waals surface area contributed by atoms with Crippen LogP contribution in [0.3, 0.4) is 0 Å². The minimum Gasteiger partial charge on any atom is -0.393 e. The fourth-order valence-corrected chi connectivity index (χ4v) is 6.18. The molecule has 0 radical (unpaired) electrons. The second-order valence-corrected chi connectivity index (χ2v) is 10.1. The standard InChI is InChI=1S/C23H32F6O3/c1-20-9-2-3-15(5-4-14-11-17(30)13-18(31)12-14)19(20)7-6-16(20)8-10-21(32,22(24,25)26)23(27,28)29/h4-5,16-19,30-32H,2-3,6-13H2,1H3/b14-4-,15-5+/t16?,17?,18-,19?,20-/m1/s1. The Morgan fingerprint density at radius 3 is 2.12 bits per heavy atom. The molecule has 3 aliphatic rings. The van der Waals surface area contributed by atoms with E-state index in [9.17, 15) is 41.7 Å². The van der Waals surface area contributed by atoms with Gasteiger partial charge in [0, 0.05) is 0 Å². The van der Waals surface area contributed by atoms with Crippen molar-refractivity contribution >= 4 is 0 Å². The van der Waals surface area contributed by atoms with Crippen molar-refractivity contribution in [3.05, 3.63) is 23.3 Å². The topological polar surface area (TPSA) is 60.7 Å². The Hall–Kier alpha value is -1.06. The average molecular weight is 470 g/mol. The molecule has 3 rings (SSSR count). The van der Waals surface area contributed by atoms with Crippen molar-refractivity contribution in [2.24, 2.45) is 17.3 Å². The highest BCUT2D eigenvalue weighted by Crippen LogP contribution is 2.59. The minimum atomic E-state index is -5.77. The predicted octanol–water partition coefficient (Wildman–Crippen LogP) is 5.60. The van der Waals surface area contributed by atoms with Gasteiger partial charge in [0.2, 0.25) is 0 Å². The molecule has 3 fully saturated rings. The fraction of sp³-hybridized carbons (Fsp3) is 0.826. The lowest BCUT2D eigenvalue weighted by Gasteiger charge is -2.43. The molecular weight excluding hydrogens is 438 g/mol. The smallest absolute Gasteiger partial charge is 0.393 e. The van der Waals surface area contributed by atoms with E-state index >= 15 is 0 Å². The lowest BCUT2D eigenvalue weighted by Crippen LogP contribution is -2.57. The first-order valence-corrected chi connectivity index (χ1v) is 11.3. The molecule has 0 aromatic rings. The molecule has 3 N–H and O–H groups in total. The molecule has 0 heterocycles. The van der Waals surface area contributed by atoms with Gasteiger partial charge in [-0.15, -0.1) is 0 Å². The zero-order valence-corrected chi connectivity index (χ0v) is 18.1. The van der Waals surface area contributed by atoms with Crippen LogP contribution < -0.4 is 0 Å². The van der Waals surface area contributed by atoms with Crippen LogP contribution in [-0.4, -0.2) is 45.5 Å². The number of aliphatic hydroxyl groups is 3. The second kappa shape index (κ2) is 8.95. The molecule has 3 saturated carbocycles. The maximum Gasteiger partial charge on any atom is 0.426 e. The van der Waals surface area contributed by atoms with Gasteiger partial charge in [-0.05, 0) is 81.5 Å². The Morgan fingerprint density at radius 1 is 0.969 bits per heavy atom. The number of rotatable bonds is 4. The highest BCUT2D eigenvalue weighted by atomic mass is 19.4. The van der Waals surface area contributed by atoms with Crippen LogP contribution in [0.15, 0.2) is 23.3 Å². The van der Waals surface area contributed by atoms with E-state index < -0.39 is 42.0 Å². The number of halogens is 6. The van der Waals surface area contributed by atoms with Crippen molar-refractivity contribution in [1.82, 2.24) is 0 Å². The largest absolute Gasteiger partial charge is 0.426 e. The van der Waals surface area contributed by atoms with Gasteiger partial charge in [-0.1, -0.05) is 30.2 Å². The van der Waals surface area contributed by atoms with Crippen LogP contribution in [-0.2, 0) is 0 Å². The van der Waals surface area contributed by atoms with Crippen molar-refractivity contribution in [2.75, 3.05) is 0 Å². The van der Waals surface area contributed by atoms with E-state index in [2.05, 4.69) is 0 Å². The summed E-state index contributed by atoms with van der Waals surface area (Å²) < 4.78 is 78.5. The first-order valence-electron chi connectivity index (χ1n) is 11.3. The zero-order chi connectivity index (χ0) is 23.9. The molecule has 0 aliphatic heterocycles. The third-order valence-corrected chi connectivity index (χ3v) is 8.03.